The molecule has 5 heteroatoms. The molecule has 1 N–H and O–H groups in total. The Kier molecular flexibility index (Phi) is 5.94. The first kappa shape index (κ1) is 13.9. The number of rotatable bonds is 6. The highest BCUT2D eigenvalue weighted by Crippen LogP contribution is 2.10. The number of halogens is 1. The average molecular weight is 257 g/mol. The molecular formula is C12H17ClN2O2. The van der Waals surface area contributed by atoms with E-state index < -0.39 is 0 Å². The van der Waals surface area contributed by atoms with E-state index in [2.05, 4.69) is 10.3 Å². The Morgan fingerprint density at radius 3 is 3.00 bits per heavy atom. The summed E-state index contributed by atoms with van der Waals surface area (Å²) < 4.78 is 5.36. The first-order chi connectivity index (χ1) is 8.11. The first-order valence-electron chi connectivity index (χ1n) is 5.61. The maximum Gasteiger partial charge on any atom is 0.254 e. The van der Waals surface area contributed by atoms with Crippen LogP contribution in [-0.2, 0) is 4.74 Å². The number of ether oxygens (including phenoxy) is 1. The van der Waals surface area contributed by atoms with Gasteiger partial charge in [0.1, 0.15) is 5.15 Å². The van der Waals surface area contributed by atoms with Crippen LogP contribution >= 0.6 is 11.6 Å². The molecule has 1 aromatic rings. The van der Waals surface area contributed by atoms with E-state index in [0.717, 1.165) is 6.42 Å². The zero-order chi connectivity index (χ0) is 12.7. The van der Waals surface area contributed by atoms with E-state index in [1.165, 1.54) is 0 Å². The number of hydrogen-bond acceptors (Lipinski definition) is 3. The average Bonchev–Trinajstić information content (AvgIpc) is 2.28. The van der Waals surface area contributed by atoms with Gasteiger partial charge in [0.25, 0.3) is 5.91 Å². The maximum atomic E-state index is 11.7. The normalized spacial score (nSPS) is 10.6. The van der Waals surface area contributed by atoms with Gasteiger partial charge in [0, 0.05) is 19.3 Å². The molecular weight excluding hydrogens is 240 g/mol. The molecule has 1 heterocycles. The monoisotopic (exact) mass is 256 g/mol. The Morgan fingerprint density at radius 2 is 2.35 bits per heavy atom. The lowest BCUT2D eigenvalue weighted by Crippen LogP contribution is -2.26. The molecule has 0 unspecified atom stereocenters. The lowest BCUT2D eigenvalue weighted by Gasteiger charge is -2.08. The van der Waals surface area contributed by atoms with Crippen LogP contribution in [0.25, 0.3) is 0 Å². The number of nitrogens with zero attached hydrogens (tertiary/aromatic N) is 1. The predicted octanol–water partition coefficient (Wildman–Crippen LogP) is 2.28. The molecule has 0 saturated heterocycles. The fourth-order valence-corrected chi connectivity index (χ4v) is 1.45. The fraction of sp³-hybridized carbons (Fsp3) is 0.500. The van der Waals surface area contributed by atoms with Crippen molar-refractivity contribution in [2.75, 3.05) is 13.2 Å². The van der Waals surface area contributed by atoms with Gasteiger partial charge in [0.15, 0.2) is 0 Å². The van der Waals surface area contributed by atoms with Crippen LogP contribution in [-0.4, -0.2) is 30.1 Å². The lowest BCUT2D eigenvalue weighted by molar-refractivity contribution is 0.0757. The van der Waals surface area contributed by atoms with Crippen LogP contribution in [0.2, 0.25) is 5.15 Å². The molecule has 0 bridgehead atoms. The second-order valence-electron chi connectivity index (χ2n) is 3.87. The van der Waals surface area contributed by atoms with Crippen LogP contribution in [0, 0.1) is 0 Å². The minimum absolute atomic E-state index is 0.201. The summed E-state index contributed by atoms with van der Waals surface area (Å²) >= 11 is 5.80. The molecule has 0 spiro atoms. The molecule has 0 aliphatic heterocycles. The fourth-order valence-electron chi connectivity index (χ4n) is 1.24. The molecule has 0 aromatic carbocycles. The number of pyridine rings is 1. The number of carbonyl (C=O) groups excluding carboxylic acids is 1. The van der Waals surface area contributed by atoms with Gasteiger partial charge >= 0.3 is 0 Å². The minimum Gasteiger partial charge on any atom is -0.379 e. The summed E-state index contributed by atoms with van der Waals surface area (Å²) in [6, 6.07) is 3.33. The largest absolute Gasteiger partial charge is 0.379 e. The molecule has 1 rings (SSSR count). The van der Waals surface area contributed by atoms with Crippen molar-refractivity contribution in [1.82, 2.24) is 10.3 Å². The van der Waals surface area contributed by atoms with Crippen molar-refractivity contribution < 1.29 is 9.53 Å². The van der Waals surface area contributed by atoms with Gasteiger partial charge in [-0.1, -0.05) is 11.6 Å². The highest BCUT2D eigenvalue weighted by molar-refractivity contribution is 6.32. The van der Waals surface area contributed by atoms with Gasteiger partial charge in [-0.25, -0.2) is 4.98 Å². The van der Waals surface area contributed by atoms with Crippen molar-refractivity contribution in [2.45, 2.75) is 26.4 Å². The Bertz CT molecular complexity index is 369. The summed E-state index contributed by atoms with van der Waals surface area (Å²) in [6.07, 6.45) is 2.55. The summed E-state index contributed by atoms with van der Waals surface area (Å²) in [5.41, 5.74) is 0.402. The summed E-state index contributed by atoms with van der Waals surface area (Å²) in [5.74, 6) is -0.201. The standard InChI is InChI=1S/C12H17ClN2O2/c1-9(2)17-8-4-7-15-12(16)10-5-3-6-14-11(10)13/h3,5-6,9H,4,7-8H2,1-2H3,(H,15,16). The van der Waals surface area contributed by atoms with Crippen molar-refractivity contribution in [3.63, 3.8) is 0 Å². The van der Waals surface area contributed by atoms with Gasteiger partial charge in [-0.2, -0.15) is 0 Å². The molecule has 0 aliphatic rings. The Hall–Kier alpha value is -1.13. The van der Waals surface area contributed by atoms with Crippen molar-refractivity contribution >= 4 is 17.5 Å². The van der Waals surface area contributed by atoms with Crippen LogP contribution in [0.4, 0.5) is 0 Å². The molecule has 1 amide bonds. The number of carbonyl (C=O) groups is 1. The third-order valence-electron chi connectivity index (χ3n) is 2.06. The third-order valence-corrected chi connectivity index (χ3v) is 2.36. The SMILES string of the molecule is CC(C)OCCCNC(=O)c1cccnc1Cl. The van der Waals surface area contributed by atoms with E-state index in [0.29, 0.717) is 18.7 Å². The third kappa shape index (κ3) is 5.15. The van der Waals surface area contributed by atoms with Crippen molar-refractivity contribution in [1.29, 1.82) is 0 Å². The van der Waals surface area contributed by atoms with Gasteiger partial charge in [0.05, 0.1) is 11.7 Å². The van der Waals surface area contributed by atoms with Crippen molar-refractivity contribution in [3.05, 3.63) is 29.0 Å². The molecule has 0 saturated carbocycles. The van der Waals surface area contributed by atoms with Gasteiger partial charge in [-0.3, -0.25) is 4.79 Å². The van der Waals surface area contributed by atoms with E-state index in [9.17, 15) is 4.79 Å². The first-order valence-corrected chi connectivity index (χ1v) is 5.99. The number of hydrogen-bond donors (Lipinski definition) is 1. The predicted molar refractivity (Wildman–Crippen MR) is 67.3 cm³/mol. The summed E-state index contributed by atoms with van der Waals surface area (Å²) in [5, 5.41) is 3.00. The summed E-state index contributed by atoms with van der Waals surface area (Å²) in [7, 11) is 0. The number of amides is 1. The quantitative estimate of drug-likeness (QED) is 0.628. The topological polar surface area (TPSA) is 51.2 Å². The number of aromatic nitrogens is 1. The van der Waals surface area contributed by atoms with Crippen LogP contribution in [0.3, 0.4) is 0 Å². The van der Waals surface area contributed by atoms with Gasteiger partial charge in [-0.05, 0) is 32.4 Å². The van der Waals surface area contributed by atoms with E-state index in [1.54, 1.807) is 18.3 Å². The smallest absolute Gasteiger partial charge is 0.254 e. The molecule has 0 aliphatic carbocycles. The van der Waals surface area contributed by atoms with Crippen molar-refractivity contribution in [3.8, 4) is 0 Å². The zero-order valence-electron chi connectivity index (χ0n) is 10.1. The van der Waals surface area contributed by atoms with E-state index in [4.69, 9.17) is 16.3 Å². The van der Waals surface area contributed by atoms with Crippen LogP contribution in [0.5, 0.6) is 0 Å². The minimum atomic E-state index is -0.201. The zero-order valence-corrected chi connectivity index (χ0v) is 10.8. The Morgan fingerprint density at radius 1 is 1.59 bits per heavy atom. The lowest BCUT2D eigenvalue weighted by atomic mass is 10.2. The molecule has 1 aromatic heterocycles. The van der Waals surface area contributed by atoms with Gasteiger partial charge in [0.2, 0.25) is 0 Å². The molecule has 0 atom stereocenters. The maximum absolute atomic E-state index is 11.7. The molecule has 94 valence electrons. The second kappa shape index (κ2) is 7.25. The molecule has 17 heavy (non-hydrogen) atoms. The Labute approximate surface area is 106 Å². The van der Waals surface area contributed by atoms with Gasteiger partial charge in [-0.15, -0.1) is 0 Å². The molecule has 4 nitrogen and oxygen atoms in total. The molecule has 0 radical (unpaired) electrons. The van der Waals surface area contributed by atoms with E-state index in [1.807, 2.05) is 13.8 Å². The highest BCUT2D eigenvalue weighted by Gasteiger charge is 2.09. The second-order valence-corrected chi connectivity index (χ2v) is 4.23. The van der Waals surface area contributed by atoms with Gasteiger partial charge < -0.3 is 10.1 Å². The number of nitrogens with one attached hydrogen (secondary N) is 1. The Balaban J connectivity index is 2.29. The van der Waals surface area contributed by atoms with Crippen LogP contribution in [0.15, 0.2) is 18.3 Å². The van der Waals surface area contributed by atoms with Crippen LogP contribution in [0.1, 0.15) is 30.6 Å². The summed E-state index contributed by atoms with van der Waals surface area (Å²) in [6.45, 7) is 5.16. The summed E-state index contributed by atoms with van der Waals surface area (Å²) in [4.78, 5) is 15.5. The molecule has 0 fully saturated rings. The van der Waals surface area contributed by atoms with Crippen LogP contribution < -0.4 is 5.32 Å². The van der Waals surface area contributed by atoms with E-state index in [-0.39, 0.29) is 17.2 Å². The van der Waals surface area contributed by atoms with E-state index >= 15 is 0 Å². The highest BCUT2D eigenvalue weighted by atomic mass is 35.5. The van der Waals surface area contributed by atoms with Crippen molar-refractivity contribution in [2.24, 2.45) is 0 Å².